The van der Waals surface area contributed by atoms with Crippen molar-refractivity contribution in [3.05, 3.63) is 23.8 Å². The van der Waals surface area contributed by atoms with Crippen LogP contribution in [0.2, 0.25) is 0 Å². The van der Waals surface area contributed by atoms with Crippen LogP contribution in [0.5, 0.6) is 11.5 Å². The summed E-state index contributed by atoms with van der Waals surface area (Å²) in [6.07, 6.45) is -0.462. The predicted molar refractivity (Wildman–Crippen MR) is 62.2 cm³/mol. The van der Waals surface area contributed by atoms with Gasteiger partial charge in [0, 0.05) is 18.2 Å². The van der Waals surface area contributed by atoms with E-state index in [0.717, 1.165) is 17.1 Å². The van der Waals surface area contributed by atoms with E-state index >= 15 is 0 Å². The summed E-state index contributed by atoms with van der Waals surface area (Å²) in [5, 5.41) is 0. The Hall–Kier alpha value is -1.30. The molecule has 2 atom stereocenters. The van der Waals surface area contributed by atoms with Gasteiger partial charge in [-0.3, -0.25) is 0 Å². The Kier molecular flexibility index (Phi) is 3.83. The van der Waals surface area contributed by atoms with Gasteiger partial charge in [-0.1, -0.05) is 0 Å². The van der Waals surface area contributed by atoms with E-state index in [1.54, 1.807) is 14.2 Å². The Balaban J connectivity index is 2.20. The zero-order valence-electron chi connectivity index (χ0n) is 10.0. The Morgan fingerprint density at radius 3 is 2.76 bits per heavy atom. The van der Waals surface area contributed by atoms with Crippen LogP contribution < -0.4 is 15.2 Å². The number of nitrogens with two attached hydrogens (primary N) is 1. The van der Waals surface area contributed by atoms with Crippen molar-refractivity contribution >= 4 is 0 Å². The van der Waals surface area contributed by atoms with Crippen molar-refractivity contribution in [2.24, 2.45) is 5.73 Å². The Morgan fingerprint density at radius 1 is 1.35 bits per heavy atom. The van der Waals surface area contributed by atoms with E-state index in [1.165, 1.54) is 0 Å². The van der Waals surface area contributed by atoms with Gasteiger partial charge in [-0.25, -0.2) is 0 Å². The zero-order chi connectivity index (χ0) is 12.3. The molecule has 1 heterocycles. The van der Waals surface area contributed by atoms with Crippen molar-refractivity contribution in [2.75, 3.05) is 27.4 Å². The summed E-state index contributed by atoms with van der Waals surface area (Å²) in [5.41, 5.74) is 6.44. The molecule has 5 nitrogen and oxygen atoms in total. The maximum atomic E-state index is 5.64. The molecule has 1 saturated heterocycles. The molecule has 0 aromatic heterocycles. The molecule has 17 heavy (non-hydrogen) atoms. The second-order valence-electron chi connectivity index (χ2n) is 3.73. The summed E-state index contributed by atoms with van der Waals surface area (Å²) in [7, 11) is 3.24. The molecule has 1 aromatic carbocycles. The minimum atomic E-state index is -0.327. The quantitative estimate of drug-likeness (QED) is 0.851. The molecule has 2 unspecified atom stereocenters. The number of rotatable bonds is 4. The van der Waals surface area contributed by atoms with Crippen molar-refractivity contribution in [3.63, 3.8) is 0 Å². The van der Waals surface area contributed by atoms with Gasteiger partial charge < -0.3 is 24.7 Å². The highest BCUT2D eigenvalue weighted by atomic mass is 16.7. The SMILES string of the molecule is COc1ccc(C2COC(CN)O2)c(OC)c1. The molecular formula is C12H17NO4. The van der Waals surface area contributed by atoms with Crippen LogP contribution in [0.4, 0.5) is 0 Å². The summed E-state index contributed by atoms with van der Waals surface area (Å²) in [6, 6.07) is 5.62. The highest BCUT2D eigenvalue weighted by Crippen LogP contribution is 2.34. The van der Waals surface area contributed by atoms with Gasteiger partial charge in [0.05, 0.1) is 20.8 Å². The third-order valence-electron chi connectivity index (χ3n) is 2.73. The Morgan fingerprint density at radius 2 is 2.18 bits per heavy atom. The molecule has 2 rings (SSSR count). The lowest BCUT2D eigenvalue weighted by Gasteiger charge is -2.14. The number of hydrogen-bond acceptors (Lipinski definition) is 5. The minimum absolute atomic E-state index is 0.135. The largest absolute Gasteiger partial charge is 0.497 e. The number of hydrogen-bond donors (Lipinski definition) is 1. The third-order valence-corrected chi connectivity index (χ3v) is 2.73. The lowest BCUT2D eigenvalue weighted by molar-refractivity contribution is -0.0499. The van der Waals surface area contributed by atoms with Gasteiger partial charge in [-0.2, -0.15) is 0 Å². The molecule has 0 spiro atoms. The lowest BCUT2D eigenvalue weighted by atomic mass is 10.1. The van der Waals surface area contributed by atoms with Crippen LogP contribution in [0.3, 0.4) is 0 Å². The second kappa shape index (κ2) is 5.35. The summed E-state index contributed by atoms with van der Waals surface area (Å²) in [6.45, 7) is 0.847. The second-order valence-corrected chi connectivity index (χ2v) is 3.73. The van der Waals surface area contributed by atoms with Gasteiger partial charge in [-0.05, 0) is 12.1 Å². The molecule has 1 aliphatic heterocycles. The van der Waals surface area contributed by atoms with Gasteiger partial charge in [0.15, 0.2) is 6.29 Å². The van der Waals surface area contributed by atoms with Gasteiger partial charge in [0.1, 0.15) is 17.6 Å². The minimum Gasteiger partial charge on any atom is -0.497 e. The van der Waals surface area contributed by atoms with Crippen LogP contribution in [0.1, 0.15) is 11.7 Å². The van der Waals surface area contributed by atoms with Crippen LogP contribution in [0, 0.1) is 0 Å². The van der Waals surface area contributed by atoms with E-state index in [4.69, 9.17) is 24.7 Å². The Bertz CT molecular complexity index is 383. The van der Waals surface area contributed by atoms with Crippen LogP contribution >= 0.6 is 0 Å². The van der Waals surface area contributed by atoms with Crippen LogP contribution in [-0.4, -0.2) is 33.7 Å². The molecule has 94 valence electrons. The molecule has 1 fully saturated rings. The lowest BCUT2D eigenvalue weighted by Crippen LogP contribution is -2.20. The maximum absolute atomic E-state index is 5.64. The smallest absolute Gasteiger partial charge is 0.170 e. The van der Waals surface area contributed by atoms with Crippen molar-refractivity contribution < 1.29 is 18.9 Å². The van der Waals surface area contributed by atoms with Crippen LogP contribution in [0.15, 0.2) is 18.2 Å². The standard InChI is InChI=1S/C12H17NO4/c1-14-8-3-4-9(10(5-8)15-2)11-7-16-12(6-13)17-11/h3-5,11-12H,6-7,13H2,1-2H3. The van der Waals surface area contributed by atoms with E-state index in [-0.39, 0.29) is 12.4 Å². The van der Waals surface area contributed by atoms with E-state index in [2.05, 4.69) is 0 Å². The van der Waals surface area contributed by atoms with Crippen molar-refractivity contribution in [3.8, 4) is 11.5 Å². The molecule has 0 bridgehead atoms. The molecule has 0 saturated carbocycles. The van der Waals surface area contributed by atoms with Gasteiger partial charge in [0.25, 0.3) is 0 Å². The summed E-state index contributed by atoms with van der Waals surface area (Å²) in [5.74, 6) is 1.48. The fourth-order valence-corrected chi connectivity index (χ4v) is 1.83. The van der Waals surface area contributed by atoms with E-state index in [0.29, 0.717) is 13.2 Å². The molecule has 0 radical (unpaired) electrons. The molecule has 0 aliphatic carbocycles. The Labute approximate surface area is 100 Å². The molecule has 5 heteroatoms. The van der Waals surface area contributed by atoms with E-state index in [1.807, 2.05) is 18.2 Å². The maximum Gasteiger partial charge on any atom is 0.170 e. The highest BCUT2D eigenvalue weighted by Gasteiger charge is 2.28. The third kappa shape index (κ3) is 2.52. The molecule has 1 aliphatic rings. The van der Waals surface area contributed by atoms with Gasteiger partial charge in [-0.15, -0.1) is 0 Å². The van der Waals surface area contributed by atoms with Crippen molar-refractivity contribution in [1.82, 2.24) is 0 Å². The topological polar surface area (TPSA) is 62.9 Å². The normalized spacial score (nSPS) is 23.7. The zero-order valence-corrected chi connectivity index (χ0v) is 10.0. The van der Waals surface area contributed by atoms with Gasteiger partial charge >= 0.3 is 0 Å². The highest BCUT2D eigenvalue weighted by molar-refractivity contribution is 5.42. The predicted octanol–water partition coefficient (Wildman–Crippen LogP) is 1.08. The monoisotopic (exact) mass is 239 g/mol. The van der Waals surface area contributed by atoms with Crippen molar-refractivity contribution in [2.45, 2.75) is 12.4 Å². The average Bonchev–Trinajstić information content (AvgIpc) is 2.86. The number of methoxy groups -OCH3 is 2. The van der Waals surface area contributed by atoms with E-state index < -0.39 is 0 Å². The van der Waals surface area contributed by atoms with E-state index in [9.17, 15) is 0 Å². The molecule has 1 aromatic rings. The molecule has 0 amide bonds. The first-order valence-corrected chi connectivity index (χ1v) is 5.47. The first-order chi connectivity index (χ1) is 8.28. The summed E-state index contributed by atoms with van der Waals surface area (Å²) >= 11 is 0. The summed E-state index contributed by atoms with van der Waals surface area (Å²) < 4.78 is 21.5. The molecular weight excluding hydrogens is 222 g/mol. The number of ether oxygens (including phenoxy) is 4. The molecule has 2 N–H and O–H groups in total. The summed E-state index contributed by atoms with van der Waals surface area (Å²) in [4.78, 5) is 0. The number of benzene rings is 1. The van der Waals surface area contributed by atoms with Gasteiger partial charge in [0.2, 0.25) is 0 Å². The fraction of sp³-hybridized carbons (Fsp3) is 0.500. The first-order valence-electron chi connectivity index (χ1n) is 5.47. The average molecular weight is 239 g/mol. The van der Waals surface area contributed by atoms with Crippen LogP contribution in [-0.2, 0) is 9.47 Å². The fourth-order valence-electron chi connectivity index (χ4n) is 1.83. The van der Waals surface area contributed by atoms with Crippen molar-refractivity contribution in [1.29, 1.82) is 0 Å². The first kappa shape index (κ1) is 12.2. The van der Waals surface area contributed by atoms with Crippen LogP contribution in [0.25, 0.3) is 0 Å².